The lowest BCUT2D eigenvalue weighted by atomic mass is 9.58. The molecule has 0 saturated heterocycles. The first-order valence-electron chi connectivity index (χ1n) is 13.8. The number of fused-ring (bicyclic) bond motifs is 2. The minimum Gasteiger partial charge on any atom is -0.487 e. The van der Waals surface area contributed by atoms with Gasteiger partial charge in [0, 0.05) is 23.5 Å². The average Bonchev–Trinajstić information content (AvgIpc) is 2.92. The van der Waals surface area contributed by atoms with Crippen LogP contribution in [-0.2, 0) is 23.1 Å². The summed E-state index contributed by atoms with van der Waals surface area (Å²) in [5.41, 5.74) is 2.75. The van der Waals surface area contributed by atoms with E-state index in [-0.39, 0.29) is 17.9 Å². The molecule has 4 atom stereocenters. The first-order chi connectivity index (χ1) is 18.9. The fourth-order valence-electron chi connectivity index (χ4n) is 5.58. The Morgan fingerprint density at radius 2 is 2.02 bits per heavy atom. The van der Waals surface area contributed by atoms with Crippen molar-refractivity contribution in [1.82, 2.24) is 0 Å². The maximum Gasteiger partial charge on any atom is 0.335 e. The number of allylic oxidation sites excluding steroid dienone is 1. The number of rotatable bonds is 8. The maximum absolute atomic E-state index is 11.9. The quantitative estimate of drug-likeness (QED) is 0.362. The molecule has 2 aromatic rings. The van der Waals surface area contributed by atoms with E-state index < -0.39 is 32.8 Å². The van der Waals surface area contributed by atoms with Crippen LogP contribution in [0.5, 0.6) is 5.75 Å². The highest BCUT2D eigenvalue weighted by atomic mass is 35.5. The van der Waals surface area contributed by atoms with Crippen molar-refractivity contribution in [2.24, 2.45) is 16.5 Å². The van der Waals surface area contributed by atoms with Gasteiger partial charge in [0.15, 0.2) is 0 Å². The molecule has 40 heavy (non-hydrogen) atoms. The number of carboxylic acid groups (broad SMARTS) is 1. The Bertz CT molecular complexity index is 1360. The maximum atomic E-state index is 11.9. The number of sulfonamides is 1. The number of aryl methyl sites for hydroxylation is 1. The molecule has 218 valence electrons. The monoisotopic (exact) mass is 590 g/mol. The molecule has 4 rings (SSSR count). The highest BCUT2D eigenvalue weighted by Gasteiger charge is 2.47. The Balaban J connectivity index is 1.57. The van der Waals surface area contributed by atoms with Gasteiger partial charge in [-0.3, -0.25) is 0 Å². The molecule has 4 N–H and O–H groups in total. The molecule has 1 saturated carbocycles. The number of halogens is 1. The lowest BCUT2D eigenvalue weighted by Gasteiger charge is -2.51. The minimum atomic E-state index is -3.63. The number of carboxylic acids is 1. The lowest BCUT2D eigenvalue weighted by molar-refractivity contribution is -0.0466. The highest BCUT2D eigenvalue weighted by Crippen LogP contribution is 2.50. The summed E-state index contributed by atoms with van der Waals surface area (Å²) in [6, 6.07) is 10.8. The first kappa shape index (κ1) is 30.4. The molecule has 0 amide bonds. The number of nitrogens with two attached hydrogens (primary N) is 1. The smallest absolute Gasteiger partial charge is 0.335 e. The Kier molecular flexibility index (Phi) is 9.50. The fourth-order valence-corrected chi connectivity index (χ4v) is 6.16. The molecular weight excluding hydrogens is 552 g/mol. The number of ether oxygens (including phenoxy) is 1. The van der Waals surface area contributed by atoms with Gasteiger partial charge in [-0.1, -0.05) is 36.7 Å². The Hall–Kier alpha value is -2.59. The summed E-state index contributed by atoms with van der Waals surface area (Å²) < 4.78 is 29.4. The molecular formula is C30H39ClN2O6S. The van der Waals surface area contributed by atoms with E-state index in [0.29, 0.717) is 30.5 Å². The van der Waals surface area contributed by atoms with Crippen molar-refractivity contribution in [3.8, 4) is 5.75 Å². The molecule has 10 heteroatoms. The van der Waals surface area contributed by atoms with Crippen molar-refractivity contribution in [2.45, 2.75) is 70.3 Å². The predicted octanol–water partition coefficient (Wildman–Crippen LogP) is 5.16. The van der Waals surface area contributed by atoms with Crippen LogP contribution in [0.15, 0.2) is 48.6 Å². The van der Waals surface area contributed by atoms with Crippen molar-refractivity contribution < 1.29 is 28.2 Å². The van der Waals surface area contributed by atoms with Crippen molar-refractivity contribution in [3.63, 3.8) is 0 Å². The zero-order valence-corrected chi connectivity index (χ0v) is 24.6. The van der Waals surface area contributed by atoms with Crippen LogP contribution >= 0.6 is 11.6 Å². The van der Waals surface area contributed by atoms with Crippen LogP contribution in [0, 0.1) is 11.3 Å². The third kappa shape index (κ3) is 7.00. The summed E-state index contributed by atoms with van der Waals surface area (Å²) >= 11 is 6.26. The molecule has 0 aromatic heterocycles. The molecule has 1 heterocycles. The Morgan fingerprint density at radius 3 is 2.70 bits per heavy atom. The van der Waals surface area contributed by atoms with Gasteiger partial charge < -0.3 is 19.8 Å². The van der Waals surface area contributed by atoms with Crippen molar-refractivity contribution in [3.05, 3.63) is 70.3 Å². The van der Waals surface area contributed by atoms with Gasteiger partial charge in [0.05, 0.1) is 22.6 Å². The second-order valence-corrected chi connectivity index (χ2v) is 13.8. The number of hydrogen-bond acceptors (Lipinski definition) is 6. The van der Waals surface area contributed by atoms with Crippen LogP contribution in [0.1, 0.15) is 67.4 Å². The normalized spacial score (nSPS) is 23.2. The number of anilines is 1. The number of aliphatic hydroxyl groups excluding tert-OH is 1. The Morgan fingerprint density at radius 1 is 1.25 bits per heavy atom. The van der Waals surface area contributed by atoms with Crippen LogP contribution in [0.2, 0.25) is 5.02 Å². The minimum absolute atomic E-state index is 0.144. The molecule has 0 radical (unpaired) electrons. The van der Waals surface area contributed by atoms with E-state index in [2.05, 4.69) is 11.8 Å². The predicted molar refractivity (Wildman–Crippen MR) is 158 cm³/mol. The second-order valence-electron chi connectivity index (χ2n) is 11.3. The van der Waals surface area contributed by atoms with E-state index in [1.807, 2.05) is 18.2 Å². The molecule has 0 bridgehead atoms. The van der Waals surface area contributed by atoms with E-state index in [4.69, 9.17) is 21.5 Å². The molecule has 8 nitrogen and oxygen atoms in total. The molecule has 1 fully saturated rings. The van der Waals surface area contributed by atoms with Gasteiger partial charge in [-0.15, -0.1) is 0 Å². The SMILES string of the molecule is C[C@H](C/C=C/[C@H](O)[C@]1(C)CC[C@H]1CN1CCCCc2cc(Cl)ccc2COc2ccc(C(=O)O)cc21)S(N)(=O)=O. The van der Waals surface area contributed by atoms with Gasteiger partial charge in [-0.25, -0.2) is 18.4 Å². The largest absolute Gasteiger partial charge is 0.487 e. The van der Waals surface area contributed by atoms with Crippen molar-refractivity contribution >= 4 is 33.3 Å². The zero-order valence-electron chi connectivity index (χ0n) is 23.1. The second kappa shape index (κ2) is 12.5. The van der Waals surface area contributed by atoms with E-state index in [0.717, 1.165) is 48.9 Å². The summed E-state index contributed by atoms with van der Waals surface area (Å²) in [4.78, 5) is 14.1. The van der Waals surface area contributed by atoms with Crippen LogP contribution in [0.4, 0.5) is 5.69 Å². The van der Waals surface area contributed by atoms with Gasteiger partial charge in [0.2, 0.25) is 10.0 Å². The topological polar surface area (TPSA) is 130 Å². The van der Waals surface area contributed by atoms with Gasteiger partial charge in [0.25, 0.3) is 0 Å². The van der Waals surface area contributed by atoms with Crippen molar-refractivity contribution in [2.75, 3.05) is 18.0 Å². The van der Waals surface area contributed by atoms with Gasteiger partial charge in [-0.2, -0.15) is 0 Å². The summed E-state index contributed by atoms with van der Waals surface area (Å²) in [6.07, 6.45) is 7.31. The Labute approximate surface area is 241 Å². The number of aliphatic hydroxyl groups is 1. The van der Waals surface area contributed by atoms with Gasteiger partial charge >= 0.3 is 5.97 Å². The summed E-state index contributed by atoms with van der Waals surface area (Å²) in [5.74, 6) is -0.239. The number of aromatic carboxylic acids is 1. The van der Waals surface area contributed by atoms with Crippen LogP contribution in [0.25, 0.3) is 0 Å². The number of primary sulfonamides is 1. The fraction of sp³-hybridized carbons (Fsp3) is 0.500. The van der Waals surface area contributed by atoms with E-state index in [1.54, 1.807) is 37.3 Å². The van der Waals surface area contributed by atoms with Crippen LogP contribution < -0.4 is 14.8 Å². The third-order valence-corrected chi connectivity index (χ3v) is 10.2. The van der Waals surface area contributed by atoms with E-state index in [1.165, 1.54) is 0 Å². The van der Waals surface area contributed by atoms with Crippen LogP contribution in [0.3, 0.4) is 0 Å². The lowest BCUT2D eigenvalue weighted by Crippen LogP contribution is -2.51. The number of nitrogens with zero attached hydrogens (tertiary/aromatic N) is 1. The molecule has 0 unspecified atom stereocenters. The molecule has 2 aromatic carbocycles. The summed E-state index contributed by atoms with van der Waals surface area (Å²) in [6.45, 7) is 5.29. The summed E-state index contributed by atoms with van der Waals surface area (Å²) in [5, 5.41) is 26.0. The number of carbonyl (C=O) groups is 1. The van der Waals surface area contributed by atoms with E-state index >= 15 is 0 Å². The summed E-state index contributed by atoms with van der Waals surface area (Å²) in [7, 11) is -3.63. The highest BCUT2D eigenvalue weighted by molar-refractivity contribution is 7.89. The van der Waals surface area contributed by atoms with Gasteiger partial charge in [-0.05, 0) is 92.8 Å². The molecule has 1 aliphatic carbocycles. The molecule has 2 aliphatic rings. The average molecular weight is 591 g/mol. The van der Waals surface area contributed by atoms with Crippen molar-refractivity contribution in [1.29, 1.82) is 0 Å². The number of benzene rings is 2. The zero-order chi connectivity index (χ0) is 29.1. The standard InChI is InChI=1S/C30H39ClN2O6S/c1-20(40(32,37)38)6-5-8-28(34)30(2)14-13-24(30)18-33-15-4-3-7-21-16-25(31)11-9-23(21)19-39-27-12-10-22(29(35)36)17-26(27)33/h5,8-12,16-17,20,24,28,34H,3-4,6-7,13-15,18-19H2,1-2H3,(H,35,36)(H2,32,37,38)/b8-5+/t20-,24+,28+,30-/m1/s1. The van der Waals surface area contributed by atoms with Crippen LogP contribution in [-0.4, -0.2) is 49.0 Å². The molecule has 0 spiro atoms. The number of hydrogen-bond donors (Lipinski definition) is 3. The van der Waals surface area contributed by atoms with E-state index in [9.17, 15) is 23.4 Å². The first-order valence-corrected chi connectivity index (χ1v) is 15.8. The third-order valence-electron chi connectivity index (χ3n) is 8.65. The van der Waals surface area contributed by atoms with Gasteiger partial charge in [0.1, 0.15) is 12.4 Å². The molecule has 1 aliphatic heterocycles.